The van der Waals surface area contributed by atoms with Crippen LogP contribution in [0.15, 0.2) is 18.2 Å². The van der Waals surface area contributed by atoms with Gasteiger partial charge in [-0.3, -0.25) is 0 Å². The van der Waals surface area contributed by atoms with Crippen LogP contribution in [-0.2, 0) is 4.74 Å². The Morgan fingerprint density at radius 2 is 2.26 bits per heavy atom. The van der Waals surface area contributed by atoms with Crippen molar-refractivity contribution in [3.63, 3.8) is 0 Å². The van der Waals surface area contributed by atoms with Crippen LogP contribution in [0.4, 0.5) is 5.69 Å². The molecule has 106 valence electrons. The molecule has 2 atom stereocenters. The molecule has 19 heavy (non-hydrogen) atoms. The molecule has 0 amide bonds. The van der Waals surface area contributed by atoms with Gasteiger partial charge in [-0.1, -0.05) is 6.07 Å². The maximum atomic E-state index is 10.1. The van der Waals surface area contributed by atoms with Gasteiger partial charge in [0.25, 0.3) is 0 Å². The molecule has 0 aliphatic carbocycles. The van der Waals surface area contributed by atoms with Gasteiger partial charge in [0.15, 0.2) is 0 Å². The van der Waals surface area contributed by atoms with Crippen LogP contribution in [0.25, 0.3) is 0 Å². The fourth-order valence-electron chi connectivity index (χ4n) is 2.62. The van der Waals surface area contributed by atoms with Gasteiger partial charge >= 0.3 is 0 Å². The summed E-state index contributed by atoms with van der Waals surface area (Å²) in [5.41, 5.74) is 2.01. The van der Waals surface area contributed by atoms with E-state index in [9.17, 15) is 5.11 Å². The quantitative estimate of drug-likeness (QED) is 0.876. The van der Waals surface area contributed by atoms with E-state index < -0.39 is 0 Å². The van der Waals surface area contributed by atoms with Gasteiger partial charge in [0, 0.05) is 43.6 Å². The lowest BCUT2D eigenvalue weighted by Crippen LogP contribution is -2.39. The minimum atomic E-state index is 0.155. The standard InChI is InChI=1S/C15H24N2O2/c1-11(16-2)14-7-6-12(9-15(14)18)17-8-4-5-13(10-17)19-3/h6-7,9,11,13,16,18H,4-5,8,10H2,1-3H3. The second-order valence-corrected chi connectivity index (χ2v) is 5.20. The van der Waals surface area contributed by atoms with Gasteiger partial charge in [0.05, 0.1) is 6.10 Å². The van der Waals surface area contributed by atoms with E-state index in [0.29, 0.717) is 11.9 Å². The molecule has 0 bridgehead atoms. The average molecular weight is 264 g/mol. The Morgan fingerprint density at radius 3 is 2.89 bits per heavy atom. The zero-order chi connectivity index (χ0) is 13.8. The molecule has 1 aliphatic rings. The maximum absolute atomic E-state index is 10.1. The minimum Gasteiger partial charge on any atom is -0.508 e. The number of hydrogen-bond acceptors (Lipinski definition) is 4. The van der Waals surface area contributed by atoms with Gasteiger partial charge in [-0.15, -0.1) is 0 Å². The molecule has 0 saturated carbocycles. The molecule has 2 N–H and O–H groups in total. The predicted octanol–water partition coefficient (Wildman–Crippen LogP) is 2.29. The number of nitrogens with zero attached hydrogens (tertiary/aromatic N) is 1. The van der Waals surface area contributed by atoms with Crippen molar-refractivity contribution in [3.8, 4) is 5.75 Å². The number of ether oxygens (including phenoxy) is 1. The number of phenolic OH excluding ortho intramolecular Hbond substituents is 1. The summed E-state index contributed by atoms with van der Waals surface area (Å²) < 4.78 is 5.44. The van der Waals surface area contributed by atoms with Crippen molar-refractivity contribution in [1.29, 1.82) is 0 Å². The number of anilines is 1. The fourth-order valence-corrected chi connectivity index (χ4v) is 2.62. The molecule has 4 heteroatoms. The number of rotatable bonds is 4. The van der Waals surface area contributed by atoms with E-state index in [2.05, 4.69) is 16.3 Å². The molecule has 1 aromatic carbocycles. The molecule has 0 spiro atoms. The minimum absolute atomic E-state index is 0.155. The normalized spacial score (nSPS) is 21.4. The summed E-state index contributed by atoms with van der Waals surface area (Å²) in [6, 6.07) is 6.10. The van der Waals surface area contributed by atoms with Crippen molar-refractivity contribution in [2.45, 2.75) is 31.9 Å². The fraction of sp³-hybridized carbons (Fsp3) is 0.600. The highest BCUT2D eigenvalue weighted by atomic mass is 16.5. The second kappa shape index (κ2) is 6.26. The first-order chi connectivity index (χ1) is 9.15. The van der Waals surface area contributed by atoms with Crippen LogP contribution in [0.5, 0.6) is 5.75 Å². The van der Waals surface area contributed by atoms with E-state index in [1.807, 2.05) is 26.1 Å². The number of nitrogens with one attached hydrogen (secondary N) is 1. The van der Waals surface area contributed by atoms with Crippen LogP contribution >= 0.6 is 0 Å². The van der Waals surface area contributed by atoms with E-state index in [4.69, 9.17) is 4.74 Å². The van der Waals surface area contributed by atoms with Crippen molar-refractivity contribution in [2.75, 3.05) is 32.1 Å². The summed E-state index contributed by atoms with van der Waals surface area (Å²) in [6.45, 7) is 3.97. The van der Waals surface area contributed by atoms with Crippen LogP contribution in [0, 0.1) is 0 Å². The molecule has 1 aliphatic heterocycles. The lowest BCUT2D eigenvalue weighted by molar-refractivity contribution is 0.0893. The highest BCUT2D eigenvalue weighted by Gasteiger charge is 2.20. The SMILES string of the molecule is CNC(C)c1ccc(N2CCCC(OC)C2)cc1O. The number of hydrogen-bond donors (Lipinski definition) is 2. The Bertz CT molecular complexity index is 423. The smallest absolute Gasteiger partial charge is 0.122 e. The molecule has 2 unspecified atom stereocenters. The van der Waals surface area contributed by atoms with E-state index in [0.717, 1.165) is 37.2 Å². The van der Waals surface area contributed by atoms with Crippen LogP contribution in [-0.4, -0.2) is 38.5 Å². The summed E-state index contributed by atoms with van der Waals surface area (Å²) >= 11 is 0. The van der Waals surface area contributed by atoms with E-state index in [1.54, 1.807) is 7.11 Å². The van der Waals surface area contributed by atoms with Gasteiger partial charge in [-0.25, -0.2) is 0 Å². The number of aromatic hydroxyl groups is 1. The first-order valence-corrected chi connectivity index (χ1v) is 6.93. The highest BCUT2D eigenvalue weighted by Crippen LogP contribution is 2.30. The molecule has 1 fully saturated rings. The maximum Gasteiger partial charge on any atom is 0.122 e. The van der Waals surface area contributed by atoms with Crippen LogP contribution in [0.1, 0.15) is 31.4 Å². The summed E-state index contributed by atoms with van der Waals surface area (Å²) in [5.74, 6) is 0.360. The molecule has 2 rings (SSSR count). The van der Waals surface area contributed by atoms with Crippen molar-refractivity contribution in [3.05, 3.63) is 23.8 Å². The van der Waals surface area contributed by atoms with Gasteiger partial charge in [0.1, 0.15) is 5.75 Å². The summed E-state index contributed by atoms with van der Waals surface area (Å²) in [7, 11) is 3.66. The molecular weight excluding hydrogens is 240 g/mol. The van der Waals surface area contributed by atoms with Gasteiger partial charge in [-0.05, 0) is 32.9 Å². The van der Waals surface area contributed by atoms with Crippen molar-refractivity contribution >= 4 is 5.69 Å². The average Bonchev–Trinajstić information content (AvgIpc) is 2.46. The van der Waals surface area contributed by atoms with E-state index in [-0.39, 0.29) is 6.04 Å². The molecule has 0 aromatic heterocycles. The molecule has 4 nitrogen and oxygen atoms in total. The third-order valence-corrected chi connectivity index (χ3v) is 3.99. The summed E-state index contributed by atoms with van der Waals surface area (Å²) in [4.78, 5) is 2.28. The number of benzene rings is 1. The molecule has 1 heterocycles. The van der Waals surface area contributed by atoms with Crippen molar-refractivity contribution < 1.29 is 9.84 Å². The third kappa shape index (κ3) is 3.19. The van der Waals surface area contributed by atoms with Crippen molar-refractivity contribution in [1.82, 2.24) is 5.32 Å². The Labute approximate surface area is 115 Å². The number of piperidine rings is 1. The van der Waals surface area contributed by atoms with Gasteiger partial charge in [-0.2, -0.15) is 0 Å². The van der Waals surface area contributed by atoms with E-state index >= 15 is 0 Å². The number of phenols is 1. The first kappa shape index (κ1) is 14.2. The molecule has 1 saturated heterocycles. The Balaban J connectivity index is 2.15. The highest BCUT2D eigenvalue weighted by molar-refractivity contribution is 5.54. The van der Waals surface area contributed by atoms with Crippen LogP contribution in [0.2, 0.25) is 0 Å². The van der Waals surface area contributed by atoms with Crippen LogP contribution in [0.3, 0.4) is 0 Å². The zero-order valence-corrected chi connectivity index (χ0v) is 12.0. The Kier molecular flexibility index (Phi) is 4.66. The monoisotopic (exact) mass is 264 g/mol. The van der Waals surface area contributed by atoms with Gasteiger partial charge in [0.2, 0.25) is 0 Å². The van der Waals surface area contributed by atoms with Crippen LogP contribution < -0.4 is 10.2 Å². The molecular formula is C15H24N2O2. The topological polar surface area (TPSA) is 44.7 Å². The third-order valence-electron chi connectivity index (χ3n) is 3.99. The van der Waals surface area contributed by atoms with E-state index in [1.165, 1.54) is 0 Å². The lowest BCUT2D eigenvalue weighted by atomic mass is 10.0. The lowest BCUT2D eigenvalue weighted by Gasteiger charge is -2.34. The molecule has 1 aromatic rings. The molecule has 0 radical (unpaired) electrons. The Hall–Kier alpha value is -1.26. The Morgan fingerprint density at radius 1 is 1.47 bits per heavy atom. The van der Waals surface area contributed by atoms with Gasteiger partial charge < -0.3 is 20.1 Å². The largest absolute Gasteiger partial charge is 0.508 e. The summed E-state index contributed by atoms with van der Waals surface area (Å²) in [5, 5.41) is 13.3. The second-order valence-electron chi connectivity index (χ2n) is 5.20. The summed E-state index contributed by atoms with van der Waals surface area (Å²) in [6.07, 6.45) is 2.55. The zero-order valence-electron chi connectivity index (χ0n) is 12.0. The predicted molar refractivity (Wildman–Crippen MR) is 77.8 cm³/mol. The number of methoxy groups -OCH3 is 1. The van der Waals surface area contributed by atoms with Crippen molar-refractivity contribution in [2.24, 2.45) is 0 Å². The first-order valence-electron chi connectivity index (χ1n) is 6.93.